The standard InChI is InChI=1S/C12H18F3N3O/c1-18(2)7-9-19-8-6-16-11-5-3-4-10(17-11)12(13,14)15/h3-5H,6-9H2,1-2H3,(H,16,17). The molecule has 1 aromatic heterocycles. The lowest BCUT2D eigenvalue weighted by molar-refractivity contribution is -0.141. The third kappa shape index (κ3) is 6.40. The molecule has 0 aliphatic heterocycles. The lowest BCUT2D eigenvalue weighted by atomic mass is 10.3. The maximum absolute atomic E-state index is 12.4. The van der Waals surface area contributed by atoms with Gasteiger partial charge in [-0.2, -0.15) is 13.2 Å². The molecule has 0 unspecified atom stereocenters. The van der Waals surface area contributed by atoms with E-state index in [2.05, 4.69) is 10.3 Å². The first-order chi connectivity index (χ1) is 8.89. The van der Waals surface area contributed by atoms with Crippen LogP contribution in [0, 0.1) is 0 Å². The van der Waals surface area contributed by atoms with E-state index in [0.717, 1.165) is 12.6 Å². The predicted octanol–water partition coefficient (Wildman–Crippen LogP) is 2.09. The number of rotatable bonds is 7. The molecular formula is C12H18F3N3O. The fraction of sp³-hybridized carbons (Fsp3) is 0.583. The van der Waals surface area contributed by atoms with Crippen LogP contribution < -0.4 is 5.32 Å². The SMILES string of the molecule is CN(C)CCOCCNc1cccc(C(F)(F)F)n1. The molecule has 0 aliphatic carbocycles. The molecule has 4 nitrogen and oxygen atoms in total. The summed E-state index contributed by atoms with van der Waals surface area (Å²) in [7, 11) is 3.88. The molecule has 0 atom stereocenters. The van der Waals surface area contributed by atoms with Crippen LogP contribution in [0.15, 0.2) is 18.2 Å². The van der Waals surface area contributed by atoms with Crippen molar-refractivity contribution in [2.24, 2.45) is 0 Å². The molecule has 0 amide bonds. The van der Waals surface area contributed by atoms with Crippen LogP contribution in [0.3, 0.4) is 0 Å². The summed E-state index contributed by atoms with van der Waals surface area (Å²) in [6.07, 6.45) is -4.42. The largest absolute Gasteiger partial charge is 0.433 e. The highest BCUT2D eigenvalue weighted by molar-refractivity contribution is 5.35. The van der Waals surface area contributed by atoms with Crippen molar-refractivity contribution in [1.82, 2.24) is 9.88 Å². The van der Waals surface area contributed by atoms with Crippen molar-refractivity contribution < 1.29 is 17.9 Å². The number of nitrogens with one attached hydrogen (secondary N) is 1. The van der Waals surface area contributed by atoms with Crippen LogP contribution in [0.5, 0.6) is 0 Å². The zero-order valence-corrected chi connectivity index (χ0v) is 11.0. The Bertz CT molecular complexity index is 383. The average molecular weight is 277 g/mol. The number of ether oxygens (including phenoxy) is 1. The number of hydrogen-bond acceptors (Lipinski definition) is 4. The summed E-state index contributed by atoms with van der Waals surface area (Å²) in [5, 5.41) is 2.80. The predicted molar refractivity (Wildman–Crippen MR) is 67.1 cm³/mol. The third-order valence-electron chi connectivity index (χ3n) is 2.27. The normalized spacial score (nSPS) is 11.9. The Morgan fingerprint density at radius 1 is 1.26 bits per heavy atom. The second-order valence-electron chi connectivity index (χ2n) is 4.25. The minimum Gasteiger partial charge on any atom is -0.378 e. The molecule has 0 saturated heterocycles. The molecule has 0 bridgehead atoms. The fourth-order valence-corrected chi connectivity index (χ4v) is 1.29. The number of alkyl halides is 3. The van der Waals surface area contributed by atoms with Gasteiger partial charge < -0.3 is 15.0 Å². The van der Waals surface area contributed by atoms with E-state index in [-0.39, 0.29) is 5.82 Å². The van der Waals surface area contributed by atoms with Gasteiger partial charge in [-0.25, -0.2) is 4.98 Å². The Balaban J connectivity index is 2.30. The van der Waals surface area contributed by atoms with Gasteiger partial charge >= 0.3 is 6.18 Å². The highest BCUT2D eigenvalue weighted by atomic mass is 19.4. The lowest BCUT2D eigenvalue weighted by Crippen LogP contribution is -2.20. The van der Waals surface area contributed by atoms with Crippen LogP contribution in [-0.2, 0) is 10.9 Å². The van der Waals surface area contributed by atoms with Crippen molar-refractivity contribution in [2.75, 3.05) is 45.7 Å². The van der Waals surface area contributed by atoms with Crippen molar-refractivity contribution in [3.8, 4) is 0 Å². The summed E-state index contributed by atoms with van der Waals surface area (Å²) < 4.78 is 42.5. The minimum absolute atomic E-state index is 0.200. The van der Waals surface area contributed by atoms with E-state index in [9.17, 15) is 13.2 Å². The Morgan fingerprint density at radius 2 is 2.00 bits per heavy atom. The molecule has 0 radical (unpaired) electrons. The zero-order valence-electron chi connectivity index (χ0n) is 11.0. The highest BCUT2D eigenvalue weighted by Crippen LogP contribution is 2.27. The molecule has 0 aromatic carbocycles. The monoisotopic (exact) mass is 277 g/mol. The maximum Gasteiger partial charge on any atom is 0.433 e. The minimum atomic E-state index is -4.42. The first kappa shape index (κ1) is 15.7. The van der Waals surface area contributed by atoms with Gasteiger partial charge in [0.2, 0.25) is 0 Å². The Kier molecular flexibility index (Phi) is 6.04. The van der Waals surface area contributed by atoms with Crippen LogP contribution in [0.4, 0.5) is 19.0 Å². The van der Waals surface area contributed by atoms with Crippen LogP contribution in [0.1, 0.15) is 5.69 Å². The van der Waals surface area contributed by atoms with E-state index in [1.165, 1.54) is 12.1 Å². The summed E-state index contributed by atoms with van der Waals surface area (Å²) in [4.78, 5) is 5.48. The molecular weight excluding hydrogens is 259 g/mol. The topological polar surface area (TPSA) is 37.4 Å². The molecule has 1 rings (SSSR count). The summed E-state index contributed by atoms with van der Waals surface area (Å²) >= 11 is 0. The number of hydrogen-bond donors (Lipinski definition) is 1. The summed E-state index contributed by atoms with van der Waals surface area (Å²) in [6, 6.07) is 3.76. The van der Waals surface area contributed by atoms with E-state index < -0.39 is 11.9 Å². The molecule has 1 heterocycles. The van der Waals surface area contributed by atoms with Crippen molar-refractivity contribution in [3.63, 3.8) is 0 Å². The molecule has 0 aliphatic rings. The van der Waals surface area contributed by atoms with E-state index >= 15 is 0 Å². The number of halogens is 3. The van der Waals surface area contributed by atoms with Gasteiger partial charge in [-0.1, -0.05) is 6.07 Å². The molecule has 7 heteroatoms. The number of likely N-dealkylation sites (N-methyl/N-ethyl adjacent to an activating group) is 1. The number of nitrogens with zero attached hydrogens (tertiary/aromatic N) is 2. The first-order valence-electron chi connectivity index (χ1n) is 5.90. The van der Waals surface area contributed by atoms with Gasteiger partial charge in [-0.05, 0) is 26.2 Å². The van der Waals surface area contributed by atoms with Gasteiger partial charge in [-0.15, -0.1) is 0 Å². The van der Waals surface area contributed by atoms with Crippen molar-refractivity contribution in [1.29, 1.82) is 0 Å². The van der Waals surface area contributed by atoms with E-state index in [1.807, 2.05) is 19.0 Å². The van der Waals surface area contributed by atoms with Crippen LogP contribution in [0.25, 0.3) is 0 Å². The van der Waals surface area contributed by atoms with Gasteiger partial charge in [0.1, 0.15) is 11.5 Å². The number of aromatic nitrogens is 1. The highest BCUT2D eigenvalue weighted by Gasteiger charge is 2.32. The summed E-state index contributed by atoms with van der Waals surface area (Å²) in [5.74, 6) is 0.200. The van der Waals surface area contributed by atoms with E-state index in [0.29, 0.717) is 19.8 Å². The zero-order chi connectivity index (χ0) is 14.3. The molecule has 1 aromatic rings. The lowest BCUT2D eigenvalue weighted by Gasteiger charge is -2.11. The summed E-state index contributed by atoms with van der Waals surface area (Å²) in [6.45, 7) is 2.24. The van der Waals surface area contributed by atoms with Crippen molar-refractivity contribution in [2.45, 2.75) is 6.18 Å². The van der Waals surface area contributed by atoms with Crippen molar-refractivity contribution >= 4 is 5.82 Å². The summed E-state index contributed by atoms with van der Waals surface area (Å²) in [5.41, 5.74) is -0.897. The smallest absolute Gasteiger partial charge is 0.378 e. The molecule has 0 saturated carbocycles. The quantitative estimate of drug-likeness (QED) is 0.774. The van der Waals surface area contributed by atoms with Crippen LogP contribution in [-0.4, -0.2) is 50.3 Å². The van der Waals surface area contributed by atoms with Gasteiger partial charge in [0.05, 0.1) is 13.2 Å². The number of pyridine rings is 1. The molecule has 1 N–H and O–H groups in total. The third-order valence-corrected chi connectivity index (χ3v) is 2.27. The van der Waals surface area contributed by atoms with Gasteiger partial charge in [0.15, 0.2) is 0 Å². The average Bonchev–Trinajstić information content (AvgIpc) is 2.32. The van der Waals surface area contributed by atoms with Gasteiger partial charge in [-0.3, -0.25) is 0 Å². The Hall–Kier alpha value is -1.34. The van der Waals surface area contributed by atoms with Gasteiger partial charge in [0, 0.05) is 13.1 Å². The molecule has 0 fully saturated rings. The van der Waals surface area contributed by atoms with E-state index in [1.54, 1.807) is 0 Å². The van der Waals surface area contributed by atoms with Gasteiger partial charge in [0.25, 0.3) is 0 Å². The van der Waals surface area contributed by atoms with Crippen LogP contribution >= 0.6 is 0 Å². The van der Waals surface area contributed by atoms with E-state index in [4.69, 9.17) is 4.74 Å². The van der Waals surface area contributed by atoms with Crippen LogP contribution in [0.2, 0.25) is 0 Å². The molecule has 0 spiro atoms. The second kappa shape index (κ2) is 7.30. The number of anilines is 1. The second-order valence-corrected chi connectivity index (χ2v) is 4.25. The fourth-order valence-electron chi connectivity index (χ4n) is 1.29. The molecule has 19 heavy (non-hydrogen) atoms. The first-order valence-corrected chi connectivity index (χ1v) is 5.90. The maximum atomic E-state index is 12.4. The Labute approximate surface area is 110 Å². The Morgan fingerprint density at radius 3 is 2.63 bits per heavy atom. The molecule has 108 valence electrons. The van der Waals surface area contributed by atoms with Crippen molar-refractivity contribution in [3.05, 3.63) is 23.9 Å².